The molecule has 4 saturated heterocycles. The van der Waals surface area contributed by atoms with Gasteiger partial charge in [0.05, 0.1) is 83.4 Å². The number of unbranched alkanes of at least 4 members (excludes halogenated alkanes) is 6. The lowest BCUT2D eigenvalue weighted by atomic mass is 9.96. The molecule has 0 saturated carbocycles. The Hall–Kier alpha value is -4.16. The number of hydrogen-bond donors (Lipinski definition) is 6. The quantitative estimate of drug-likeness (QED) is 0.0227. The van der Waals surface area contributed by atoms with Crippen molar-refractivity contribution in [2.45, 2.75) is 170 Å². The van der Waals surface area contributed by atoms with Crippen LogP contribution < -0.4 is 26.6 Å². The van der Waals surface area contributed by atoms with Crippen LogP contribution in [0.2, 0.25) is 0 Å². The molecule has 6 atom stereocenters. The van der Waals surface area contributed by atoms with E-state index < -0.39 is 11.9 Å². The molecule has 1 aromatic rings. The molecule has 438 valence electrons. The Labute approximate surface area is 468 Å². The molecule has 20 nitrogen and oxygen atoms in total. The second-order valence-corrected chi connectivity index (χ2v) is 22.9. The van der Waals surface area contributed by atoms with Gasteiger partial charge in [-0.25, -0.2) is 9.59 Å². The van der Waals surface area contributed by atoms with Gasteiger partial charge in [-0.3, -0.25) is 28.8 Å². The van der Waals surface area contributed by atoms with Crippen molar-refractivity contribution in [3.63, 3.8) is 0 Å². The van der Waals surface area contributed by atoms with Crippen molar-refractivity contribution in [2.24, 2.45) is 0 Å². The molecule has 0 bridgehead atoms. The summed E-state index contributed by atoms with van der Waals surface area (Å²) in [5.41, 5.74) is 0.594. The van der Waals surface area contributed by atoms with Gasteiger partial charge in [0.1, 0.15) is 11.6 Å². The Morgan fingerprint density at radius 3 is 1.18 bits per heavy atom. The molecular formula is C56H87N5O15S2. The maximum atomic E-state index is 13.3. The van der Waals surface area contributed by atoms with Crippen molar-refractivity contribution < 1.29 is 71.9 Å². The highest BCUT2D eigenvalue weighted by Crippen LogP contribution is 2.34. The van der Waals surface area contributed by atoms with Crippen LogP contribution in [0.3, 0.4) is 0 Å². The Balaban J connectivity index is 0.811. The minimum Gasteiger partial charge on any atom is -0.481 e. The number of fused-ring (bicyclic) bond motifs is 2. The SMILES string of the molecule is O=C(O)CCNC(=O)c1cc(C(=O)CCCCOCCOCCOCCCCC(=O)CCCCC2SCC3NC(=O)NC32)cc(C(=O)CCCCOCCOCCOCCCCC(=O)CCCCC2SCC3NC(=O)NC32)c1. The Kier molecular flexibility index (Phi) is 31.9. The molecule has 4 aliphatic rings. The number of carboxylic acids is 1. The molecule has 22 heteroatoms. The van der Waals surface area contributed by atoms with Gasteiger partial charge >= 0.3 is 18.0 Å². The fourth-order valence-corrected chi connectivity index (χ4v) is 12.8. The first-order valence-corrected chi connectivity index (χ1v) is 30.6. The van der Waals surface area contributed by atoms with E-state index in [0.29, 0.717) is 153 Å². The maximum absolute atomic E-state index is 13.3. The normalized spacial score (nSPS) is 20.2. The first kappa shape index (κ1) is 64.7. The van der Waals surface area contributed by atoms with Gasteiger partial charge in [-0.15, -0.1) is 0 Å². The molecule has 0 spiro atoms. The van der Waals surface area contributed by atoms with E-state index in [1.54, 1.807) is 0 Å². The standard InChI is InChI=1S/C56H87N5O15S2/c62-43(13-1-3-19-49-52-45(38-77-49)58-55(69)60-52)15-5-9-23-71-27-31-75-33-29-73-25-11-7-17-47(64)40-35-41(37-42(36-40)54(68)57-22-21-51(66)67)48(65)18-8-12-26-74-30-34-76-32-28-72-24-10-6-16-44(63)14-2-4-20-50-53-46(39-78-50)59-56(70)61-53/h35-37,45-46,49-50,52-53H,1-34,38-39H2,(H,57,68)(H,66,67)(H2,58,60,69)(H2,59,61,70). The zero-order valence-electron chi connectivity index (χ0n) is 45.6. The molecule has 78 heavy (non-hydrogen) atoms. The lowest BCUT2D eigenvalue weighted by molar-refractivity contribution is -0.136. The van der Waals surface area contributed by atoms with Gasteiger partial charge in [-0.05, 0) is 95.2 Å². The summed E-state index contributed by atoms with van der Waals surface area (Å²) in [6, 6.07) is 5.16. The zero-order chi connectivity index (χ0) is 55.6. The van der Waals surface area contributed by atoms with Gasteiger partial charge in [-0.2, -0.15) is 23.5 Å². The van der Waals surface area contributed by atoms with Crippen molar-refractivity contribution in [1.82, 2.24) is 26.6 Å². The number of ketones is 4. The fourth-order valence-electron chi connectivity index (χ4n) is 9.74. The summed E-state index contributed by atoms with van der Waals surface area (Å²) < 4.78 is 33.8. The third kappa shape index (κ3) is 26.0. The molecule has 5 amide bonds. The van der Waals surface area contributed by atoms with Crippen LogP contribution in [-0.2, 0) is 42.8 Å². The maximum Gasteiger partial charge on any atom is 0.315 e. The van der Waals surface area contributed by atoms with Crippen molar-refractivity contribution in [3.8, 4) is 0 Å². The number of carboxylic acid groups (broad SMARTS) is 1. The van der Waals surface area contributed by atoms with Gasteiger partial charge in [0.25, 0.3) is 5.91 Å². The van der Waals surface area contributed by atoms with E-state index in [1.165, 1.54) is 18.2 Å². The number of ether oxygens (including phenoxy) is 6. The number of Topliss-reactive ketones (excluding diaryl/α,β-unsaturated/α-hetero) is 4. The summed E-state index contributed by atoms with van der Waals surface area (Å²) in [4.78, 5) is 98.3. The fraction of sp³-hybridized carbons (Fsp3) is 0.750. The van der Waals surface area contributed by atoms with Crippen LogP contribution in [0.1, 0.15) is 166 Å². The summed E-state index contributed by atoms with van der Waals surface area (Å²) >= 11 is 3.80. The third-order valence-corrected chi connectivity index (χ3v) is 17.1. The third-order valence-electron chi connectivity index (χ3n) is 14.1. The molecule has 5 rings (SSSR count). The van der Waals surface area contributed by atoms with Crippen LogP contribution in [-0.4, -0.2) is 184 Å². The topological polar surface area (TPSA) is 272 Å². The van der Waals surface area contributed by atoms with Gasteiger partial charge in [-0.1, -0.05) is 12.8 Å². The number of amides is 5. The number of aliphatic carboxylic acids is 1. The average Bonchev–Trinajstić information content (AvgIpc) is 4.22. The zero-order valence-corrected chi connectivity index (χ0v) is 47.3. The highest BCUT2D eigenvalue weighted by Gasteiger charge is 2.43. The van der Waals surface area contributed by atoms with E-state index in [2.05, 4.69) is 26.6 Å². The van der Waals surface area contributed by atoms with E-state index in [-0.39, 0.29) is 90.3 Å². The number of urea groups is 2. The van der Waals surface area contributed by atoms with Gasteiger partial charge in [0.15, 0.2) is 11.6 Å². The van der Waals surface area contributed by atoms with E-state index in [4.69, 9.17) is 33.5 Å². The first-order valence-electron chi connectivity index (χ1n) is 28.6. The molecule has 0 aromatic heterocycles. The van der Waals surface area contributed by atoms with E-state index >= 15 is 0 Å². The molecule has 1 aromatic carbocycles. The molecule has 4 aliphatic heterocycles. The molecule has 4 fully saturated rings. The summed E-state index contributed by atoms with van der Waals surface area (Å²) in [5.74, 6) is 0.416. The average molecular weight is 1130 g/mol. The number of nitrogens with one attached hydrogen (secondary N) is 5. The minimum atomic E-state index is -1.06. The molecule has 0 aliphatic carbocycles. The lowest BCUT2D eigenvalue weighted by Gasteiger charge is -2.16. The molecule has 6 N–H and O–H groups in total. The lowest BCUT2D eigenvalue weighted by Crippen LogP contribution is -2.36. The summed E-state index contributed by atoms with van der Waals surface area (Å²) in [5, 5.41) is 24.4. The van der Waals surface area contributed by atoms with Gasteiger partial charge in [0.2, 0.25) is 0 Å². The number of thioether (sulfide) groups is 2. The Bertz CT molecular complexity index is 1910. The van der Waals surface area contributed by atoms with Crippen molar-refractivity contribution in [3.05, 3.63) is 34.9 Å². The molecule has 6 unspecified atom stereocenters. The number of rotatable bonds is 48. The number of carbonyl (C=O) groups excluding carboxylic acids is 7. The summed E-state index contributed by atoms with van der Waals surface area (Å²) in [7, 11) is 0. The van der Waals surface area contributed by atoms with Crippen molar-refractivity contribution in [2.75, 3.05) is 97.3 Å². The van der Waals surface area contributed by atoms with Crippen LogP contribution in [0.15, 0.2) is 18.2 Å². The largest absolute Gasteiger partial charge is 0.481 e. The first-order chi connectivity index (χ1) is 38.0. The second-order valence-electron chi connectivity index (χ2n) is 20.4. The predicted octanol–water partition coefficient (Wildman–Crippen LogP) is 6.63. The van der Waals surface area contributed by atoms with Crippen LogP contribution in [0.25, 0.3) is 0 Å². The molecule has 0 radical (unpaired) electrons. The minimum absolute atomic E-state index is 0.0689. The van der Waals surface area contributed by atoms with Crippen molar-refractivity contribution in [1.29, 1.82) is 0 Å². The molecule has 4 heterocycles. The smallest absolute Gasteiger partial charge is 0.315 e. The van der Waals surface area contributed by atoms with Crippen molar-refractivity contribution >= 4 is 70.6 Å². The van der Waals surface area contributed by atoms with E-state index in [1.807, 2.05) is 23.5 Å². The van der Waals surface area contributed by atoms with Crippen LogP contribution in [0, 0.1) is 0 Å². The highest BCUT2D eigenvalue weighted by atomic mass is 32.2. The van der Waals surface area contributed by atoms with E-state index in [9.17, 15) is 38.4 Å². The number of hydrogen-bond acceptors (Lipinski definition) is 16. The Morgan fingerprint density at radius 1 is 0.449 bits per heavy atom. The summed E-state index contributed by atoms with van der Waals surface area (Å²) in [6.07, 6.45) is 13.8. The van der Waals surface area contributed by atoms with Gasteiger partial charge < -0.3 is 60.1 Å². The second kappa shape index (κ2) is 38.5. The van der Waals surface area contributed by atoms with Crippen LogP contribution >= 0.6 is 23.5 Å². The van der Waals surface area contributed by atoms with Crippen LogP contribution in [0.4, 0.5) is 9.59 Å². The summed E-state index contributed by atoms with van der Waals surface area (Å²) in [6.45, 7) is 5.29. The monoisotopic (exact) mass is 1130 g/mol. The van der Waals surface area contributed by atoms with Crippen LogP contribution in [0.5, 0.6) is 0 Å². The van der Waals surface area contributed by atoms with E-state index in [0.717, 1.165) is 75.7 Å². The van der Waals surface area contributed by atoms with Gasteiger partial charge in [0, 0.05) is 110 Å². The number of benzene rings is 1. The Morgan fingerprint density at radius 2 is 0.795 bits per heavy atom. The molecular weight excluding hydrogens is 1050 g/mol. The predicted molar refractivity (Wildman–Crippen MR) is 298 cm³/mol. The number of carbonyl (C=O) groups is 8. The highest BCUT2D eigenvalue weighted by molar-refractivity contribution is 8.00.